The lowest BCUT2D eigenvalue weighted by atomic mass is 10.8. The minimum Gasteiger partial charge on any atom is -0.270 e. The Morgan fingerprint density at radius 3 is 2.73 bits per heavy atom. The van der Waals surface area contributed by atoms with Crippen LogP contribution in [-0.2, 0) is 14.3 Å². The molecular formula is C5H9NO3S2. The molecule has 0 aromatic carbocycles. The predicted molar refractivity (Wildman–Crippen MR) is 45.3 cm³/mol. The minimum absolute atomic E-state index is 0.117. The van der Waals surface area contributed by atoms with Crippen molar-refractivity contribution in [1.82, 2.24) is 0 Å². The van der Waals surface area contributed by atoms with Crippen LogP contribution in [0.1, 0.15) is 6.92 Å². The van der Waals surface area contributed by atoms with Gasteiger partial charge in [0.05, 0.1) is 24.1 Å². The highest BCUT2D eigenvalue weighted by Gasteiger charge is 2.07. The van der Waals surface area contributed by atoms with Crippen LogP contribution >= 0.6 is 12.2 Å². The van der Waals surface area contributed by atoms with Crippen LogP contribution in [0.2, 0.25) is 0 Å². The van der Waals surface area contributed by atoms with Crippen molar-refractivity contribution in [3.05, 3.63) is 0 Å². The van der Waals surface area contributed by atoms with E-state index in [1.165, 1.54) is 0 Å². The summed E-state index contributed by atoms with van der Waals surface area (Å²) in [4.78, 5) is 3.44. The smallest absolute Gasteiger partial charge is 0.269 e. The first-order valence-electron chi connectivity index (χ1n) is 3.03. The summed E-state index contributed by atoms with van der Waals surface area (Å²) in [5.41, 5.74) is 0. The van der Waals surface area contributed by atoms with Crippen LogP contribution in [0.5, 0.6) is 0 Å². The van der Waals surface area contributed by atoms with E-state index < -0.39 is 10.1 Å². The van der Waals surface area contributed by atoms with Crippen LogP contribution in [0.4, 0.5) is 0 Å². The first kappa shape index (κ1) is 10.7. The summed E-state index contributed by atoms with van der Waals surface area (Å²) in [5.74, 6) is -0.134. The van der Waals surface area contributed by atoms with Crippen molar-refractivity contribution >= 4 is 27.5 Å². The molecule has 0 atom stereocenters. The van der Waals surface area contributed by atoms with Crippen LogP contribution in [-0.4, -0.2) is 32.5 Å². The summed E-state index contributed by atoms with van der Waals surface area (Å²) in [6, 6.07) is 0. The van der Waals surface area contributed by atoms with Gasteiger partial charge >= 0.3 is 0 Å². The van der Waals surface area contributed by atoms with Crippen LogP contribution in [0, 0.1) is 0 Å². The second kappa shape index (κ2) is 5.37. The maximum Gasteiger partial charge on any atom is 0.269 e. The fraction of sp³-hybridized carbons (Fsp3) is 0.800. The van der Waals surface area contributed by atoms with Gasteiger partial charge in [0.1, 0.15) is 0 Å². The molecule has 0 spiro atoms. The molecule has 0 aromatic heterocycles. The highest BCUT2D eigenvalue weighted by molar-refractivity contribution is 7.86. The van der Waals surface area contributed by atoms with Gasteiger partial charge in [0.25, 0.3) is 10.1 Å². The quantitative estimate of drug-likeness (QED) is 0.363. The Balaban J connectivity index is 3.83. The zero-order valence-corrected chi connectivity index (χ0v) is 7.74. The van der Waals surface area contributed by atoms with E-state index in [1.54, 1.807) is 6.92 Å². The zero-order valence-electron chi connectivity index (χ0n) is 6.11. The topological polar surface area (TPSA) is 55.7 Å². The maximum absolute atomic E-state index is 10.8. The fourth-order valence-corrected chi connectivity index (χ4v) is 1.32. The molecule has 0 radical (unpaired) electrons. The number of rotatable bonds is 5. The first-order chi connectivity index (χ1) is 5.12. The third kappa shape index (κ3) is 6.12. The van der Waals surface area contributed by atoms with E-state index in [0.29, 0.717) is 0 Å². The van der Waals surface area contributed by atoms with E-state index in [9.17, 15) is 8.42 Å². The predicted octanol–water partition coefficient (Wildman–Crippen LogP) is 0.456. The number of hydrogen-bond acceptors (Lipinski definition) is 5. The van der Waals surface area contributed by atoms with Crippen molar-refractivity contribution in [2.75, 3.05) is 18.9 Å². The van der Waals surface area contributed by atoms with E-state index in [4.69, 9.17) is 0 Å². The van der Waals surface area contributed by atoms with Gasteiger partial charge in [0, 0.05) is 0 Å². The van der Waals surface area contributed by atoms with Crippen molar-refractivity contribution in [3.8, 4) is 0 Å². The largest absolute Gasteiger partial charge is 0.270 e. The molecule has 0 heterocycles. The zero-order chi connectivity index (χ0) is 8.74. The monoisotopic (exact) mass is 195 g/mol. The second-order valence-corrected chi connectivity index (χ2v) is 3.58. The third-order valence-electron chi connectivity index (χ3n) is 0.815. The second-order valence-electron chi connectivity index (χ2n) is 1.64. The average Bonchev–Trinajstić information content (AvgIpc) is 1.87. The minimum atomic E-state index is -3.38. The molecule has 4 nitrogen and oxygen atoms in total. The number of aliphatic imine (C=N–C) groups is 1. The number of nitrogens with zero attached hydrogens (tertiary/aromatic N) is 1. The standard InChI is InChI=1S/C5H9NO3S2/c1-2-9-11(7,8)4-3-6-5-10/h2-4H2,1H3. The summed E-state index contributed by atoms with van der Waals surface area (Å²) in [6.45, 7) is 1.88. The highest BCUT2D eigenvalue weighted by Crippen LogP contribution is 1.91. The molecule has 0 unspecified atom stereocenters. The van der Waals surface area contributed by atoms with Gasteiger partial charge in [-0.15, -0.1) is 0 Å². The van der Waals surface area contributed by atoms with Gasteiger partial charge in [-0.05, 0) is 19.1 Å². The van der Waals surface area contributed by atoms with Gasteiger partial charge in [-0.2, -0.15) is 8.42 Å². The van der Waals surface area contributed by atoms with E-state index in [2.05, 4.69) is 26.6 Å². The van der Waals surface area contributed by atoms with E-state index >= 15 is 0 Å². The average molecular weight is 195 g/mol. The van der Waals surface area contributed by atoms with Gasteiger partial charge in [0.15, 0.2) is 0 Å². The van der Waals surface area contributed by atoms with Crippen molar-refractivity contribution in [3.63, 3.8) is 0 Å². The summed E-state index contributed by atoms with van der Waals surface area (Å²) < 4.78 is 25.9. The lowest BCUT2D eigenvalue weighted by Crippen LogP contribution is -2.12. The molecule has 0 fully saturated rings. The van der Waals surface area contributed by atoms with Crippen molar-refractivity contribution in [2.24, 2.45) is 4.99 Å². The summed E-state index contributed by atoms with van der Waals surface area (Å²) in [6.07, 6.45) is 0. The Bertz CT molecular complexity index is 240. The molecule has 0 rings (SSSR count). The van der Waals surface area contributed by atoms with Crippen molar-refractivity contribution in [1.29, 1.82) is 0 Å². The molecule has 0 bridgehead atoms. The molecule has 11 heavy (non-hydrogen) atoms. The van der Waals surface area contributed by atoms with Crippen LogP contribution in [0.15, 0.2) is 4.99 Å². The van der Waals surface area contributed by atoms with E-state index in [-0.39, 0.29) is 18.9 Å². The molecule has 0 N–H and O–H groups in total. The number of thiocarbonyl (C=S) groups is 1. The molecular weight excluding hydrogens is 186 g/mol. The molecule has 0 aliphatic heterocycles. The molecule has 64 valence electrons. The molecule has 0 saturated carbocycles. The highest BCUT2D eigenvalue weighted by atomic mass is 32.2. The Labute approximate surface area is 71.4 Å². The number of hydrogen-bond donors (Lipinski definition) is 0. The molecule has 0 amide bonds. The van der Waals surface area contributed by atoms with Gasteiger partial charge in [-0.3, -0.25) is 4.18 Å². The molecule has 0 aliphatic carbocycles. The number of isothiocyanates is 1. The van der Waals surface area contributed by atoms with Gasteiger partial charge in [0.2, 0.25) is 0 Å². The lowest BCUT2D eigenvalue weighted by molar-refractivity contribution is 0.338. The van der Waals surface area contributed by atoms with Crippen molar-refractivity contribution < 1.29 is 12.6 Å². The van der Waals surface area contributed by atoms with E-state index in [0.717, 1.165) is 0 Å². The molecule has 6 heteroatoms. The Kier molecular flexibility index (Phi) is 5.23. The fourth-order valence-electron chi connectivity index (χ4n) is 0.442. The third-order valence-corrected chi connectivity index (χ3v) is 2.22. The van der Waals surface area contributed by atoms with Crippen LogP contribution in [0.3, 0.4) is 0 Å². The Hall–Kier alpha value is -0.290. The van der Waals surface area contributed by atoms with Crippen LogP contribution < -0.4 is 0 Å². The summed E-state index contributed by atoms with van der Waals surface area (Å²) in [7, 11) is -3.38. The van der Waals surface area contributed by atoms with Crippen molar-refractivity contribution in [2.45, 2.75) is 6.92 Å². The first-order valence-corrected chi connectivity index (χ1v) is 5.01. The Morgan fingerprint density at radius 2 is 2.27 bits per heavy atom. The van der Waals surface area contributed by atoms with E-state index in [1.807, 2.05) is 0 Å². The molecule has 0 aromatic rings. The van der Waals surface area contributed by atoms with Gasteiger partial charge in [-0.1, -0.05) is 0 Å². The summed E-state index contributed by atoms with van der Waals surface area (Å²) >= 11 is 4.25. The lowest BCUT2D eigenvalue weighted by Gasteiger charge is -1.98. The molecule has 0 saturated heterocycles. The Morgan fingerprint density at radius 1 is 1.64 bits per heavy atom. The van der Waals surface area contributed by atoms with Crippen LogP contribution in [0.25, 0.3) is 0 Å². The normalized spacial score (nSPS) is 10.6. The van der Waals surface area contributed by atoms with Gasteiger partial charge in [-0.25, -0.2) is 4.99 Å². The molecule has 0 aliphatic rings. The SMILES string of the molecule is CCOS(=O)(=O)CCN=C=S. The van der Waals surface area contributed by atoms with Gasteiger partial charge < -0.3 is 0 Å². The summed E-state index contributed by atoms with van der Waals surface area (Å²) in [5, 5.41) is 2.07. The maximum atomic E-state index is 10.8.